The number of hydrogen-bond acceptors (Lipinski definition) is 2. The second-order valence-electron chi connectivity index (χ2n) is 9.23. The molecule has 170 valence electrons. The van der Waals surface area contributed by atoms with Crippen LogP contribution in [0.4, 0.5) is 0 Å². The van der Waals surface area contributed by atoms with Crippen molar-refractivity contribution in [2.45, 2.75) is 105 Å². The topological polar surface area (TPSA) is 18.5 Å². The number of rotatable bonds is 13. The van der Waals surface area contributed by atoms with Gasteiger partial charge in [0, 0.05) is 0 Å². The van der Waals surface area contributed by atoms with E-state index in [1.165, 1.54) is 30.4 Å². The lowest BCUT2D eigenvalue weighted by Gasteiger charge is -2.25. The molecule has 1 rings (SSSR count). The van der Waals surface area contributed by atoms with Crippen LogP contribution >= 0.6 is 0 Å². The molecule has 0 N–H and O–H groups in total. The minimum Gasteiger partial charge on any atom is -0.346 e. The third-order valence-corrected chi connectivity index (χ3v) is 5.23. The Hall–Kier alpha value is -1.38. The van der Waals surface area contributed by atoms with E-state index in [0.717, 1.165) is 25.2 Å². The summed E-state index contributed by atoms with van der Waals surface area (Å²) >= 11 is 0. The van der Waals surface area contributed by atoms with Gasteiger partial charge in [-0.1, -0.05) is 74.4 Å². The minimum absolute atomic E-state index is 0.0942. The zero-order chi connectivity index (χ0) is 22.4. The average molecular weight is 415 g/mol. The Balaban J connectivity index is 2.43. The Morgan fingerprint density at radius 1 is 1.13 bits per heavy atom. The molecule has 0 aromatic rings. The zero-order valence-electron chi connectivity index (χ0n) is 20.6. The van der Waals surface area contributed by atoms with Gasteiger partial charge >= 0.3 is 0 Å². The highest BCUT2D eigenvalue weighted by Crippen LogP contribution is 2.19. The number of allylic oxidation sites excluding steroid dienone is 7. The van der Waals surface area contributed by atoms with E-state index in [9.17, 15) is 0 Å². The molecule has 0 aromatic heterocycles. The molecule has 1 aliphatic rings. The molecule has 0 saturated carbocycles. The summed E-state index contributed by atoms with van der Waals surface area (Å²) in [7, 11) is 0. The van der Waals surface area contributed by atoms with Crippen molar-refractivity contribution in [3.63, 3.8) is 0 Å². The third-order valence-electron chi connectivity index (χ3n) is 5.23. The van der Waals surface area contributed by atoms with E-state index in [4.69, 9.17) is 9.47 Å². The third kappa shape index (κ3) is 13.0. The molecular formula is C28H46O2. The predicted octanol–water partition coefficient (Wildman–Crippen LogP) is 8.33. The summed E-state index contributed by atoms with van der Waals surface area (Å²) in [5.74, 6) is 1.30. The maximum absolute atomic E-state index is 6.00. The van der Waals surface area contributed by atoms with Gasteiger partial charge in [-0.05, 0) is 84.1 Å². The monoisotopic (exact) mass is 414 g/mol. The Bertz CT molecular complexity index is 602. The van der Waals surface area contributed by atoms with Crippen molar-refractivity contribution in [3.8, 4) is 0 Å². The van der Waals surface area contributed by atoms with Crippen molar-refractivity contribution in [1.82, 2.24) is 0 Å². The normalized spacial score (nSPS) is 22.2. The van der Waals surface area contributed by atoms with Crippen molar-refractivity contribution < 1.29 is 9.47 Å². The van der Waals surface area contributed by atoms with Crippen LogP contribution in [0.1, 0.15) is 87.0 Å². The molecule has 0 amide bonds. The van der Waals surface area contributed by atoms with E-state index >= 15 is 0 Å². The zero-order valence-corrected chi connectivity index (χ0v) is 20.6. The molecule has 1 aliphatic heterocycles. The molecule has 0 fully saturated rings. The van der Waals surface area contributed by atoms with Crippen molar-refractivity contribution in [1.29, 1.82) is 0 Å². The molecule has 1 heterocycles. The molecule has 0 radical (unpaired) electrons. The maximum Gasteiger partial charge on any atom is 0.177 e. The Morgan fingerprint density at radius 3 is 2.53 bits per heavy atom. The van der Waals surface area contributed by atoms with Gasteiger partial charge in [-0.3, -0.25) is 0 Å². The largest absolute Gasteiger partial charge is 0.346 e. The fourth-order valence-electron chi connectivity index (χ4n) is 3.44. The van der Waals surface area contributed by atoms with Gasteiger partial charge in [0.1, 0.15) is 0 Å². The first-order chi connectivity index (χ1) is 14.3. The van der Waals surface area contributed by atoms with Gasteiger partial charge in [-0.25, -0.2) is 0 Å². The van der Waals surface area contributed by atoms with Crippen molar-refractivity contribution in [2.24, 2.45) is 11.8 Å². The van der Waals surface area contributed by atoms with Crippen molar-refractivity contribution in [2.75, 3.05) is 0 Å². The second kappa shape index (κ2) is 15.4. The summed E-state index contributed by atoms with van der Waals surface area (Å²) in [5.41, 5.74) is 2.81. The van der Waals surface area contributed by atoms with Crippen LogP contribution in [0.25, 0.3) is 0 Å². The summed E-state index contributed by atoms with van der Waals surface area (Å²) in [4.78, 5) is 0. The minimum atomic E-state index is -0.226. The highest BCUT2D eigenvalue weighted by atomic mass is 16.7. The highest BCUT2D eigenvalue weighted by Gasteiger charge is 2.17. The lowest BCUT2D eigenvalue weighted by atomic mass is 9.98. The van der Waals surface area contributed by atoms with Crippen LogP contribution in [-0.4, -0.2) is 18.5 Å². The van der Waals surface area contributed by atoms with Crippen molar-refractivity contribution >= 4 is 0 Å². The van der Waals surface area contributed by atoms with Gasteiger partial charge in [-0.15, -0.1) is 0 Å². The summed E-state index contributed by atoms with van der Waals surface area (Å²) < 4.78 is 11.8. The van der Waals surface area contributed by atoms with Gasteiger partial charge in [-0.2, -0.15) is 0 Å². The predicted molar refractivity (Wildman–Crippen MR) is 132 cm³/mol. The lowest BCUT2D eigenvalue weighted by molar-refractivity contribution is -0.154. The van der Waals surface area contributed by atoms with E-state index in [0.29, 0.717) is 5.92 Å². The van der Waals surface area contributed by atoms with Gasteiger partial charge < -0.3 is 9.47 Å². The molecule has 2 nitrogen and oxygen atoms in total. The second-order valence-corrected chi connectivity index (χ2v) is 9.23. The maximum atomic E-state index is 6.00. The fraction of sp³-hybridized carbons (Fsp3) is 0.643. The van der Waals surface area contributed by atoms with E-state index in [1.807, 2.05) is 19.9 Å². The van der Waals surface area contributed by atoms with Crippen LogP contribution in [-0.2, 0) is 9.47 Å². The summed E-state index contributed by atoms with van der Waals surface area (Å²) in [6, 6.07) is 0. The fourth-order valence-corrected chi connectivity index (χ4v) is 3.44. The number of ether oxygens (including phenoxy) is 2. The van der Waals surface area contributed by atoms with E-state index in [-0.39, 0.29) is 18.5 Å². The van der Waals surface area contributed by atoms with Gasteiger partial charge in [0.2, 0.25) is 0 Å². The van der Waals surface area contributed by atoms with Crippen LogP contribution in [0.3, 0.4) is 0 Å². The quantitative estimate of drug-likeness (QED) is 0.223. The Labute approximate surface area is 186 Å². The molecule has 0 spiro atoms. The van der Waals surface area contributed by atoms with E-state index in [2.05, 4.69) is 77.2 Å². The molecule has 0 saturated heterocycles. The first kappa shape index (κ1) is 26.7. The molecule has 2 heteroatoms. The van der Waals surface area contributed by atoms with E-state index in [1.54, 1.807) is 0 Å². The van der Waals surface area contributed by atoms with Gasteiger partial charge in [0.25, 0.3) is 0 Å². The molecule has 0 unspecified atom stereocenters. The van der Waals surface area contributed by atoms with Crippen molar-refractivity contribution in [3.05, 3.63) is 59.8 Å². The molecule has 0 bridgehead atoms. The SMILES string of the molecule is CCC(=C/[C@H](C)C/C=C/C[C@H](C)CCC=C(C)C)/C=C/[C@H]1CC=C[C@H](OC(C)C)O1. The van der Waals surface area contributed by atoms with Crippen LogP contribution < -0.4 is 0 Å². The summed E-state index contributed by atoms with van der Waals surface area (Å²) in [5, 5.41) is 0. The smallest absolute Gasteiger partial charge is 0.177 e. The van der Waals surface area contributed by atoms with Gasteiger partial charge in [0.05, 0.1) is 12.2 Å². The molecule has 4 atom stereocenters. The molecule has 0 aliphatic carbocycles. The number of hydrogen-bond donors (Lipinski definition) is 0. The first-order valence-electron chi connectivity index (χ1n) is 11.9. The van der Waals surface area contributed by atoms with E-state index < -0.39 is 0 Å². The first-order valence-corrected chi connectivity index (χ1v) is 11.9. The molecular weight excluding hydrogens is 368 g/mol. The molecule has 30 heavy (non-hydrogen) atoms. The van der Waals surface area contributed by atoms with Crippen LogP contribution in [0.2, 0.25) is 0 Å². The highest BCUT2D eigenvalue weighted by molar-refractivity contribution is 5.21. The standard InChI is InChI=1S/C28H46O2/c1-8-26(19-20-27-17-12-18-28(30-27)29-23(4)5)21-25(7)15-10-9-14-24(6)16-11-13-22(2)3/h9-10,12-13,18-21,23-25,27-28H,8,11,14-17H2,1-7H3/b10-9+,20-19+,26-21-/t24-,25+,27+,28+/m0/s1. The summed E-state index contributed by atoms with van der Waals surface area (Å²) in [6.07, 6.45) is 24.8. The lowest BCUT2D eigenvalue weighted by Crippen LogP contribution is -2.27. The average Bonchev–Trinajstić information content (AvgIpc) is 2.68. The molecule has 0 aromatic carbocycles. The summed E-state index contributed by atoms with van der Waals surface area (Å²) in [6.45, 7) is 15.3. The van der Waals surface area contributed by atoms with Crippen LogP contribution in [0.15, 0.2) is 59.8 Å². The van der Waals surface area contributed by atoms with Crippen LogP contribution in [0.5, 0.6) is 0 Å². The Kier molecular flexibility index (Phi) is 13.7. The van der Waals surface area contributed by atoms with Crippen LogP contribution in [0, 0.1) is 11.8 Å². The van der Waals surface area contributed by atoms with Gasteiger partial charge in [0.15, 0.2) is 6.29 Å². The Morgan fingerprint density at radius 2 is 1.87 bits per heavy atom.